The zero-order valence-corrected chi connectivity index (χ0v) is 11.3. The normalized spacial score (nSPS) is 7.59. The number of carbonyl (C=O) groups is 1. The van der Waals surface area contributed by atoms with Crippen molar-refractivity contribution < 1.29 is 9.90 Å². The predicted octanol–water partition coefficient (Wildman–Crippen LogP) is 4.31. The van der Waals surface area contributed by atoms with Gasteiger partial charge in [-0.1, -0.05) is 45.9 Å². The Morgan fingerprint density at radius 3 is 2.00 bits per heavy atom. The SMILES string of the molecule is CC.CC.CC(=O)O.c1ccc2[nH]ccc2c1. The number of aliphatic carboxylic acids is 1. The van der Waals surface area contributed by atoms with Crippen molar-refractivity contribution in [3.05, 3.63) is 36.5 Å². The predicted molar refractivity (Wildman–Crippen MR) is 74.3 cm³/mol. The molecule has 0 radical (unpaired) electrons. The van der Waals surface area contributed by atoms with Crippen LogP contribution in [0.4, 0.5) is 0 Å². The molecular weight excluding hydrogens is 214 g/mol. The van der Waals surface area contributed by atoms with Crippen molar-refractivity contribution in [1.29, 1.82) is 0 Å². The van der Waals surface area contributed by atoms with Gasteiger partial charge in [0.1, 0.15) is 0 Å². The van der Waals surface area contributed by atoms with E-state index in [1.165, 1.54) is 10.9 Å². The number of benzene rings is 1. The van der Waals surface area contributed by atoms with Gasteiger partial charge in [0.15, 0.2) is 0 Å². The maximum absolute atomic E-state index is 9.00. The molecule has 0 aliphatic rings. The van der Waals surface area contributed by atoms with Crippen LogP contribution >= 0.6 is 0 Å². The van der Waals surface area contributed by atoms with Gasteiger partial charge in [0.2, 0.25) is 0 Å². The molecule has 0 spiro atoms. The van der Waals surface area contributed by atoms with Crippen molar-refractivity contribution in [2.24, 2.45) is 0 Å². The van der Waals surface area contributed by atoms with Gasteiger partial charge in [-0.2, -0.15) is 0 Å². The van der Waals surface area contributed by atoms with Crippen molar-refractivity contribution in [2.75, 3.05) is 0 Å². The van der Waals surface area contributed by atoms with Crippen LogP contribution in [0.3, 0.4) is 0 Å². The molecule has 1 aromatic carbocycles. The van der Waals surface area contributed by atoms with Crippen LogP contribution < -0.4 is 0 Å². The van der Waals surface area contributed by atoms with Crippen LogP contribution in [0.1, 0.15) is 34.6 Å². The number of nitrogens with one attached hydrogen (secondary N) is 1. The maximum Gasteiger partial charge on any atom is 0.300 e. The molecule has 96 valence electrons. The van der Waals surface area contributed by atoms with Gasteiger partial charge in [0.25, 0.3) is 5.97 Å². The van der Waals surface area contributed by atoms with E-state index in [0.29, 0.717) is 0 Å². The van der Waals surface area contributed by atoms with Crippen molar-refractivity contribution in [1.82, 2.24) is 4.98 Å². The molecule has 2 N–H and O–H groups in total. The Bertz CT molecular complexity index is 360. The summed E-state index contributed by atoms with van der Waals surface area (Å²) in [5, 5.41) is 8.69. The molecule has 2 aromatic rings. The molecule has 0 aliphatic heterocycles. The Morgan fingerprint density at radius 2 is 1.53 bits per heavy atom. The third-order valence-electron chi connectivity index (χ3n) is 1.46. The van der Waals surface area contributed by atoms with E-state index in [1.54, 1.807) is 0 Å². The Hall–Kier alpha value is -1.77. The lowest BCUT2D eigenvalue weighted by molar-refractivity contribution is -0.134. The quantitative estimate of drug-likeness (QED) is 0.717. The van der Waals surface area contributed by atoms with Crippen LogP contribution in [-0.4, -0.2) is 16.1 Å². The smallest absolute Gasteiger partial charge is 0.300 e. The molecule has 0 aliphatic carbocycles. The summed E-state index contributed by atoms with van der Waals surface area (Å²) in [6.07, 6.45) is 1.95. The number of carboxylic acid groups (broad SMARTS) is 1. The van der Waals surface area contributed by atoms with E-state index in [-0.39, 0.29) is 0 Å². The van der Waals surface area contributed by atoms with E-state index < -0.39 is 5.97 Å². The van der Waals surface area contributed by atoms with Crippen LogP contribution in [0, 0.1) is 0 Å². The van der Waals surface area contributed by atoms with Gasteiger partial charge in [0, 0.05) is 18.6 Å². The molecule has 0 unspecified atom stereocenters. The minimum absolute atomic E-state index is 0.833. The Labute approximate surface area is 103 Å². The van der Waals surface area contributed by atoms with E-state index in [1.807, 2.05) is 46.0 Å². The molecule has 3 nitrogen and oxygen atoms in total. The molecule has 0 amide bonds. The topological polar surface area (TPSA) is 53.1 Å². The standard InChI is InChI=1S/C8H7N.C2H4O2.2C2H6/c1-2-4-8-7(3-1)5-6-9-8;1-2(3)4;2*1-2/h1-6,9H;1H3,(H,3,4);2*1-2H3. The molecule has 0 saturated carbocycles. The number of H-pyrrole nitrogens is 1. The second-order valence-electron chi connectivity index (χ2n) is 2.58. The van der Waals surface area contributed by atoms with Gasteiger partial charge in [0.05, 0.1) is 0 Å². The molecule has 3 heteroatoms. The van der Waals surface area contributed by atoms with E-state index in [0.717, 1.165) is 6.92 Å². The van der Waals surface area contributed by atoms with E-state index >= 15 is 0 Å². The second kappa shape index (κ2) is 12.3. The van der Waals surface area contributed by atoms with Gasteiger partial charge in [-0.3, -0.25) is 4.79 Å². The first-order valence-corrected chi connectivity index (χ1v) is 5.92. The van der Waals surface area contributed by atoms with E-state index in [2.05, 4.69) is 23.2 Å². The first kappa shape index (κ1) is 17.6. The lowest BCUT2D eigenvalue weighted by atomic mass is 10.3. The van der Waals surface area contributed by atoms with Crippen molar-refractivity contribution in [3.8, 4) is 0 Å². The number of hydrogen-bond acceptors (Lipinski definition) is 1. The summed E-state index contributed by atoms with van der Waals surface area (Å²) < 4.78 is 0. The third-order valence-corrected chi connectivity index (χ3v) is 1.46. The molecule has 0 fully saturated rings. The fourth-order valence-electron chi connectivity index (χ4n) is 0.995. The fourth-order valence-corrected chi connectivity index (χ4v) is 0.995. The summed E-state index contributed by atoms with van der Waals surface area (Å²) in [6.45, 7) is 9.08. The number of aromatic amines is 1. The molecule has 1 heterocycles. The van der Waals surface area contributed by atoms with E-state index in [4.69, 9.17) is 9.90 Å². The van der Waals surface area contributed by atoms with Gasteiger partial charge in [-0.15, -0.1) is 0 Å². The first-order chi connectivity index (χ1) is 8.20. The van der Waals surface area contributed by atoms with Crippen LogP contribution in [0.25, 0.3) is 10.9 Å². The highest BCUT2D eigenvalue weighted by Crippen LogP contribution is 2.09. The third kappa shape index (κ3) is 9.18. The maximum atomic E-state index is 9.00. The average molecular weight is 237 g/mol. The summed E-state index contributed by atoms with van der Waals surface area (Å²) in [6, 6.07) is 10.3. The zero-order chi connectivity index (χ0) is 13.7. The number of aromatic nitrogens is 1. The van der Waals surface area contributed by atoms with Crippen LogP contribution in [0.5, 0.6) is 0 Å². The Kier molecular flexibility index (Phi) is 12.7. The number of fused-ring (bicyclic) bond motifs is 1. The molecule has 1 aromatic heterocycles. The van der Waals surface area contributed by atoms with Crippen LogP contribution in [-0.2, 0) is 4.79 Å². The number of hydrogen-bond donors (Lipinski definition) is 2. The lowest BCUT2D eigenvalue weighted by Crippen LogP contribution is -1.78. The van der Waals surface area contributed by atoms with Gasteiger partial charge in [-0.05, 0) is 17.5 Å². The number of para-hydroxylation sites is 1. The van der Waals surface area contributed by atoms with Gasteiger partial charge < -0.3 is 10.1 Å². The largest absolute Gasteiger partial charge is 0.481 e. The summed E-state index contributed by atoms with van der Waals surface area (Å²) in [7, 11) is 0. The molecule has 17 heavy (non-hydrogen) atoms. The summed E-state index contributed by atoms with van der Waals surface area (Å²) >= 11 is 0. The summed E-state index contributed by atoms with van der Waals surface area (Å²) in [4.78, 5) is 12.1. The van der Waals surface area contributed by atoms with Crippen LogP contribution in [0.15, 0.2) is 36.5 Å². The molecule has 2 rings (SSSR count). The molecule has 0 bridgehead atoms. The monoisotopic (exact) mass is 237 g/mol. The zero-order valence-electron chi connectivity index (χ0n) is 11.3. The lowest BCUT2D eigenvalue weighted by Gasteiger charge is -1.83. The number of carboxylic acids is 1. The highest BCUT2D eigenvalue weighted by Gasteiger charge is 1.86. The highest BCUT2D eigenvalue weighted by atomic mass is 16.4. The second-order valence-corrected chi connectivity index (χ2v) is 2.58. The number of rotatable bonds is 0. The van der Waals surface area contributed by atoms with Crippen molar-refractivity contribution >= 4 is 16.9 Å². The summed E-state index contributed by atoms with van der Waals surface area (Å²) in [5.74, 6) is -0.833. The van der Waals surface area contributed by atoms with E-state index in [9.17, 15) is 0 Å². The van der Waals surface area contributed by atoms with Crippen molar-refractivity contribution in [3.63, 3.8) is 0 Å². The fraction of sp³-hybridized carbons (Fsp3) is 0.357. The van der Waals surface area contributed by atoms with Gasteiger partial charge >= 0.3 is 0 Å². The Balaban J connectivity index is 0. The van der Waals surface area contributed by atoms with Crippen LogP contribution in [0.2, 0.25) is 0 Å². The minimum Gasteiger partial charge on any atom is -0.481 e. The molecule has 0 saturated heterocycles. The molecule has 0 atom stereocenters. The molecular formula is C14H23NO2. The van der Waals surface area contributed by atoms with Gasteiger partial charge in [-0.25, -0.2) is 0 Å². The highest BCUT2D eigenvalue weighted by molar-refractivity contribution is 5.78. The van der Waals surface area contributed by atoms with Crippen molar-refractivity contribution in [2.45, 2.75) is 34.6 Å². The average Bonchev–Trinajstić information content (AvgIpc) is 2.81. The summed E-state index contributed by atoms with van der Waals surface area (Å²) in [5.41, 5.74) is 1.21. The Morgan fingerprint density at radius 1 is 1.06 bits per heavy atom. The minimum atomic E-state index is -0.833. The first-order valence-electron chi connectivity index (χ1n) is 5.92.